The van der Waals surface area contributed by atoms with Gasteiger partial charge in [0.15, 0.2) is 11.5 Å². The number of hydrogen-bond donors (Lipinski definition) is 0. The molecule has 0 aliphatic rings. The highest BCUT2D eigenvalue weighted by Gasteiger charge is 2.08. The third kappa shape index (κ3) is 6.37. The molecule has 0 N–H and O–H groups in total. The van der Waals surface area contributed by atoms with E-state index in [1.807, 2.05) is 54.6 Å². The highest BCUT2D eigenvalue weighted by molar-refractivity contribution is 5.96. The van der Waals surface area contributed by atoms with E-state index in [4.69, 9.17) is 9.47 Å². The SMILES string of the molecule is CCN(CC)CCOc1ccc(OC(=Cc2ccccc2)C(C)=O)cc1. The second-order valence-corrected chi connectivity index (χ2v) is 5.92. The fourth-order valence-electron chi connectivity index (χ4n) is 2.47. The third-order valence-electron chi connectivity index (χ3n) is 4.07. The normalized spacial score (nSPS) is 11.5. The van der Waals surface area contributed by atoms with Crippen LogP contribution in [0.5, 0.6) is 11.5 Å². The highest BCUT2D eigenvalue weighted by Crippen LogP contribution is 2.21. The molecule has 138 valence electrons. The van der Waals surface area contributed by atoms with Crippen molar-refractivity contribution in [1.82, 2.24) is 4.90 Å². The van der Waals surface area contributed by atoms with E-state index in [1.54, 1.807) is 6.08 Å². The lowest BCUT2D eigenvalue weighted by molar-refractivity contribution is -0.115. The molecule has 0 aromatic heterocycles. The molecular weight excluding hydrogens is 326 g/mol. The van der Waals surface area contributed by atoms with Gasteiger partial charge < -0.3 is 14.4 Å². The lowest BCUT2D eigenvalue weighted by Crippen LogP contribution is -2.27. The van der Waals surface area contributed by atoms with Crippen LogP contribution in [0.1, 0.15) is 26.3 Å². The topological polar surface area (TPSA) is 38.8 Å². The number of rotatable bonds is 10. The average Bonchev–Trinajstić information content (AvgIpc) is 2.67. The maximum absolute atomic E-state index is 11.9. The predicted octanol–water partition coefficient (Wildman–Crippen LogP) is 4.42. The Labute approximate surface area is 156 Å². The minimum atomic E-state index is -0.117. The Morgan fingerprint density at radius 2 is 1.58 bits per heavy atom. The molecule has 2 aromatic carbocycles. The molecule has 0 heterocycles. The van der Waals surface area contributed by atoms with Crippen LogP contribution in [0.3, 0.4) is 0 Å². The van der Waals surface area contributed by atoms with Crippen LogP contribution in [0.4, 0.5) is 0 Å². The Bertz CT molecular complexity index is 704. The van der Waals surface area contributed by atoms with Crippen LogP contribution in [0.25, 0.3) is 6.08 Å². The van der Waals surface area contributed by atoms with Gasteiger partial charge in [0, 0.05) is 13.5 Å². The van der Waals surface area contributed by atoms with Gasteiger partial charge >= 0.3 is 0 Å². The van der Waals surface area contributed by atoms with E-state index in [0.717, 1.165) is 30.9 Å². The average molecular weight is 353 g/mol. The molecule has 0 bridgehead atoms. The molecule has 0 unspecified atom stereocenters. The summed E-state index contributed by atoms with van der Waals surface area (Å²) in [7, 11) is 0. The van der Waals surface area contributed by atoms with Gasteiger partial charge in [-0.3, -0.25) is 4.79 Å². The maximum atomic E-state index is 11.9. The zero-order valence-corrected chi connectivity index (χ0v) is 15.8. The van der Waals surface area contributed by atoms with Crippen molar-refractivity contribution in [2.45, 2.75) is 20.8 Å². The maximum Gasteiger partial charge on any atom is 0.194 e. The smallest absolute Gasteiger partial charge is 0.194 e. The number of allylic oxidation sites excluding steroid dienone is 1. The van der Waals surface area contributed by atoms with Crippen LogP contribution in [0.2, 0.25) is 0 Å². The van der Waals surface area contributed by atoms with Crippen molar-refractivity contribution in [3.8, 4) is 11.5 Å². The van der Waals surface area contributed by atoms with Crippen molar-refractivity contribution >= 4 is 11.9 Å². The Kier molecular flexibility index (Phi) is 7.90. The molecule has 0 atom stereocenters. The second-order valence-electron chi connectivity index (χ2n) is 5.92. The number of Topliss-reactive ketones (excluding diaryl/α,β-unsaturated/α-hetero) is 1. The van der Waals surface area contributed by atoms with Crippen molar-refractivity contribution in [1.29, 1.82) is 0 Å². The second kappa shape index (κ2) is 10.4. The van der Waals surface area contributed by atoms with Crippen LogP contribution in [-0.4, -0.2) is 36.9 Å². The number of ketones is 1. The molecule has 0 aliphatic heterocycles. The summed E-state index contributed by atoms with van der Waals surface area (Å²) in [5.74, 6) is 1.60. The van der Waals surface area contributed by atoms with E-state index in [9.17, 15) is 4.79 Å². The van der Waals surface area contributed by atoms with E-state index in [0.29, 0.717) is 18.1 Å². The Balaban J connectivity index is 1.96. The fourth-order valence-corrected chi connectivity index (χ4v) is 2.47. The first-order chi connectivity index (χ1) is 12.6. The molecule has 0 amide bonds. The zero-order valence-electron chi connectivity index (χ0n) is 15.8. The van der Waals surface area contributed by atoms with Gasteiger partial charge in [-0.15, -0.1) is 0 Å². The largest absolute Gasteiger partial charge is 0.492 e. The van der Waals surface area contributed by atoms with Gasteiger partial charge in [-0.1, -0.05) is 44.2 Å². The lowest BCUT2D eigenvalue weighted by Gasteiger charge is -2.18. The van der Waals surface area contributed by atoms with Crippen molar-refractivity contribution in [3.05, 3.63) is 65.9 Å². The minimum Gasteiger partial charge on any atom is -0.492 e. The number of benzene rings is 2. The number of likely N-dealkylation sites (N-methyl/N-ethyl adjacent to an activating group) is 1. The molecule has 4 nitrogen and oxygen atoms in total. The molecule has 4 heteroatoms. The van der Waals surface area contributed by atoms with Gasteiger partial charge in [-0.25, -0.2) is 0 Å². The van der Waals surface area contributed by atoms with Gasteiger partial charge in [0.05, 0.1) is 0 Å². The molecule has 2 aromatic rings. The summed E-state index contributed by atoms with van der Waals surface area (Å²) < 4.78 is 11.5. The molecule has 2 rings (SSSR count). The fraction of sp³-hybridized carbons (Fsp3) is 0.318. The molecule has 0 spiro atoms. The van der Waals surface area contributed by atoms with E-state index in [2.05, 4.69) is 18.7 Å². The van der Waals surface area contributed by atoms with Crippen LogP contribution >= 0.6 is 0 Å². The summed E-state index contributed by atoms with van der Waals surface area (Å²) in [6, 6.07) is 17.0. The van der Waals surface area contributed by atoms with Gasteiger partial charge in [-0.2, -0.15) is 0 Å². The van der Waals surface area contributed by atoms with Gasteiger partial charge in [-0.05, 0) is 49.0 Å². The minimum absolute atomic E-state index is 0.117. The molecule has 26 heavy (non-hydrogen) atoms. The summed E-state index contributed by atoms with van der Waals surface area (Å²) in [5, 5.41) is 0. The van der Waals surface area contributed by atoms with E-state index in [1.165, 1.54) is 6.92 Å². The number of hydrogen-bond acceptors (Lipinski definition) is 4. The summed E-state index contributed by atoms with van der Waals surface area (Å²) in [5.41, 5.74) is 0.925. The third-order valence-corrected chi connectivity index (χ3v) is 4.07. The molecular formula is C22H27NO3. The predicted molar refractivity (Wildman–Crippen MR) is 105 cm³/mol. The monoisotopic (exact) mass is 353 g/mol. The summed E-state index contributed by atoms with van der Waals surface area (Å²) in [4.78, 5) is 14.2. The first-order valence-electron chi connectivity index (χ1n) is 9.03. The van der Waals surface area contributed by atoms with Crippen LogP contribution in [-0.2, 0) is 4.79 Å². The molecule has 0 aliphatic carbocycles. The number of ether oxygens (including phenoxy) is 2. The van der Waals surface area contributed by atoms with Gasteiger partial charge in [0.1, 0.15) is 18.1 Å². The summed E-state index contributed by atoms with van der Waals surface area (Å²) >= 11 is 0. The quantitative estimate of drug-likeness (QED) is 0.468. The van der Waals surface area contributed by atoms with E-state index >= 15 is 0 Å². The van der Waals surface area contributed by atoms with Crippen LogP contribution in [0.15, 0.2) is 60.4 Å². The van der Waals surface area contributed by atoms with Gasteiger partial charge in [0.25, 0.3) is 0 Å². The Hall–Kier alpha value is -2.59. The first kappa shape index (κ1) is 19.7. The van der Waals surface area contributed by atoms with Crippen molar-refractivity contribution in [2.75, 3.05) is 26.2 Å². The van der Waals surface area contributed by atoms with E-state index in [-0.39, 0.29) is 5.78 Å². The van der Waals surface area contributed by atoms with Crippen LogP contribution < -0.4 is 9.47 Å². The van der Waals surface area contributed by atoms with Crippen LogP contribution in [0, 0.1) is 0 Å². The Morgan fingerprint density at radius 1 is 0.962 bits per heavy atom. The standard InChI is InChI=1S/C22H27NO3/c1-4-23(5-2)15-16-25-20-11-13-21(14-12-20)26-22(18(3)24)17-19-9-7-6-8-10-19/h6-14,17H,4-5,15-16H2,1-3H3. The first-order valence-corrected chi connectivity index (χ1v) is 9.03. The number of carbonyl (C=O) groups excluding carboxylic acids is 1. The van der Waals surface area contributed by atoms with Gasteiger partial charge in [0.2, 0.25) is 0 Å². The number of nitrogens with zero attached hydrogens (tertiary/aromatic N) is 1. The van der Waals surface area contributed by atoms with Crippen molar-refractivity contribution < 1.29 is 14.3 Å². The number of carbonyl (C=O) groups is 1. The summed E-state index contributed by atoms with van der Waals surface area (Å²) in [6.45, 7) is 9.38. The van der Waals surface area contributed by atoms with Crippen molar-refractivity contribution in [3.63, 3.8) is 0 Å². The van der Waals surface area contributed by atoms with Crippen molar-refractivity contribution in [2.24, 2.45) is 0 Å². The molecule has 0 saturated heterocycles. The highest BCUT2D eigenvalue weighted by atomic mass is 16.5. The molecule has 0 radical (unpaired) electrons. The zero-order chi connectivity index (χ0) is 18.8. The summed E-state index contributed by atoms with van der Waals surface area (Å²) in [6.07, 6.45) is 1.75. The Morgan fingerprint density at radius 3 is 2.15 bits per heavy atom. The lowest BCUT2D eigenvalue weighted by atomic mass is 10.2. The van der Waals surface area contributed by atoms with E-state index < -0.39 is 0 Å². The molecule has 0 fully saturated rings. The molecule has 0 saturated carbocycles.